The van der Waals surface area contributed by atoms with Gasteiger partial charge in [-0.05, 0) is 60.4 Å². The lowest BCUT2D eigenvalue weighted by molar-refractivity contribution is 1.46. The van der Waals surface area contributed by atoms with E-state index in [2.05, 4.69) is 123 Å². The van der Waals surface area contributed by atoms with E-state index in [1.807, 2.05) is 0 Å². The van der Waals surface area contributed by atoms with Crippen LogP contribution in [-0.4, -0.2) is 0 Å². The van der Waals surface area contributed by atoms with Crippen LogP contribution < -0.4 is 0 Å². The summed E-state index contributed by atoms with van der Waals surface area (Å²) in [5.74, 6) is 6.47. The Balaban J connectivity index is 1.51. The van der Waals surface area contributed by atoms with Crippen LogP contribution in [0, 0.1) is 25.7 Å². The van der Waals surface area contributed by atoms with Crippen LogP contribution in [0.1, 0.15) is 22.3 Å². The monoisotopic (exact) mass is 358 g/mol. The Morgan fingerprint density at radius 3 is 1.00 bits per heavy atom. The molecule has 0 fully saturated rings. The van der Waals surface area contributed by atoms with Gasteiger partial charge in [0.25, 0.3) is 0 Å². The number of aryl methyl sites for hydroxylation is 2. The van der Waals surface area contributed by atoms with Crippen LogP contribution in [0.2, 0.25) is 0 Å². The maximum atomic E-state index is 3.24. The third kappa shape index (κ3) is 4.22. The second-order valence-electron chi connectivity index (χ2n) is 7.14. The Kier molecular flexibility index (Phi) is 5.09. The lowest BCUT2D eigenvalue weighted by Crippen LogP contribution is -1.82. The van der Waals surface area contributed by atoms with Crippen molar-refractivity contribution in [3.63, 3.8) is 0 Å². The summed E-state index contributed by atoms with van der Waals surface area (Å²) in [6.45, 7) is 4.20. The van der Waals surface area contributed by atoms with Gasteiger partial charge < -0.3 is 0 Å². The number of rotatable bonds is 2. The van der Waals surface area contributed by atoms with Crippen LogP contribution in [0.15, 0.2) is 97.1 Å². The van der Waals surface area contributed by atoms with Crippen molar-refractivity contribution in [2.24, 2.45) is 0 Å². The van der Waals surface area contributed by atoms with Gasteiger partial charge in [0.1, 0.15) is 0 Å². The third-order valence-corrected chi connectivity index (χ3v) is 4.89. The molecule has 0 heterocycles. The van der Waals surface area contributed by atoms with Gasteiger partial charge in [-0.3, -0.25) is 0 Å². The SMILES string of the molecule is Cc1ccc(C#Cc2ccc(-c3ccc(-c4ccc(C)cc4)cc3)cc2)cc1. The second-order valence-corrected chi connectivity index (χ2v) is 7.14. The molecule has 0 aliphatic carbocycles. The van der Waals surface area contributed by atoms with Gasteiger partial charge in [0.05, 0.1) is 0 Å². The topological polar surface area (TPSA) is 0 Å². The summed E-state index contributed by atoms with van der Waals surface area (Å²) < 4.78 is 0. The molecule has 134 valence electrons. The molecule has 0 spiro atoms. The fourth-order valence-electron chi connectivity index (χ4n) is 3.13. The molecule has 0 aliphatic heterocycles. The minimum Gasteiger partial charge on any atom is -0.0617 e. The van der Waals surface area contributed by atoms with Gasteiger partial charge in [-0.1, -0.05) is 95.8 Å². The molecule has 0 saturated carbocycles. The van der Waals surface area contributed by atoms with Gasteiger partial charge in [-0.25, -0.2) is 0 Å². The van der Waals surface area contributed by atoms with Crippen LogP contribution in [0.25, 0.3) is 22.3 Å². The summed E-state index contributed by atoms with van der Waals surface area (Å²) in [5.41, 5.74) is 9.52. The van der Waals surface area contributed by atoms with Crippen LogP contribution in [-0.2, 0) is 0 Å². The molecule has 0 bridgehead atoms. The number of hydrogen-bond donors (Lipinski definition) is 0. The molecule has 0 atom stereocenters. The van der Waals surface area contributed by atoms with Gasteiger partial charge in [0.15, 0.2) is 0 Å². The average Bonchev–Trinajstić information content (AvgIpc) is 2.74. The molecule has 0 amide bonds. The summed E-state index contributed by atoms with van der Waals surface area (Å²) in [7, 11) is 0. The second kappa shape index (κ2) is 7.99. The summed E-state index contributed by atoms with van der Waals surface area (Å²) in [5, 5.41) is 0. The van der Waals surface area contributed by atoms with Gasteiger partial charge in [0.2, 0.25) is 0 Å². The van der Waals surface area contributed by atoms with Gasteiger partial charge in [-0.15, -0.1) is 0 Å². The maximum Gasteiger partial charge on any atom is 0.0249 e. The van der Waals surface area contributed by atoms with Gasteiger partial charge >= 0.3 is 0 Å². The first kappa shape index (κ1) is 17.8. The molecule has 0 N–H and O–H groups in total. The van der Waals surface area contributed by atoms with E-state index in [1.165, 1.54) is 33.4 Å². The Morgan fingerprint density at radius 1 is 0.357 bits per heavy atom. The molecule has 4 rings (SSSR count). The Hall–Kier alpha value is -3.56. The predicted octanol–water partition coefficient (Wildman–Crippen LogP) is 7.04. The molecule has 0 saturated heterocycles. The Bertz CT molecular complexity index is 1120. The molecule has 0 unspecified atom stereocenters. The van der Waals surface area contributed by atoms with Crippen LogP contribution in [0.3, 0.4) is 0 Å². The lowest BCUT2D eigenvalue weighted by Gasteiger charge is -2.06. The first-order valence-corrected chi connectivity index (χ1v) is 9.54. The zero-order valence-electron chi connectivity index (χ0n) is 16.2. The van der Waals surface area contributed by atoms with Crippen molar-refractivity contribution in [2.45, 2.75) is 13.8 Å². The van der Waals surface area contributed by atoms with E-state index in [-0.39, 0.29) is 0 Å². The Labute approximate surface area is 167 Å². The number of benzene rings is 4. The van der Waals surface area contributed by atoms with E-state index in [0.717, 1.165) is 11.1 Å². The van der Waals surface area contributed by atoms with Crippen molar-refractivity contribution in [1.82, 2.24) is 0 Å². The van der Waals surface area contributed by atoms with E-state index in [9.17, 15) is 0 Å². The fourth-order valence-corrected chi connectivity index (χ4v) is 3.13. The molecule has 0 aromatic heterocycles. The molecule has 0 nitrogen and oxygen atoms in total. The normalized spacial score (nSPS) is 10.2. The summed E-state index contributed by atoms with van der Waals surface area (Å²) >= 11 is 0. The molecule has 0 aliphatic rings. The average molecular weight is 358 g/mol. The zero-order chi connectivity index (χ0) is 19.3. The highest BCUT2D eigenvalue weighted by molar-refractivity contribution is 5.71. The summed E-state index contributed by atoms with van der Waals surface area (Å²) in [6, 6.07) is 34.1. The van der Waals surface area contributed by atoms with Gasteiger partial charge in [-0.2, -0.15) is 0 Å². The molecule has 4 aromatic rings. The maximum absolute atomic E-state index is 3.24. The Morgan fingerprint density at radius 2 is 0.607 bits per heavy atom. The van der Waals surface area contributed by atoms with Crippen molar-refractivity contribution in [3.05, 3.63) is 119 Å². The third-order valence-electron chi connectivity index (χ3n) is 4.89. The van der Waals surface area contributed by atoms with E-state index in [4.69, 9.17) is 0 Å². The summed E-state index contributed by atoms with van der Waals surface area (Å²) in [6.07, 6.45) is 0. The molecule has 0 heteroatoms. The minimum atomic E-state index is 1.03. The predicted molar refractivity (Wildman–Crippen MR) is 119 cm³/mol. The zero-order valence-corrected chi connectivity index (χ0v) is 16.2. The van der Waals surface area contributed by atoms with Crippen molar-refractivity contribution < 1.29 is 0 Å². The highest BCUT2D eigenvalue weighted by atomic mass is 14.1. The quantitative estimate of drug-likeness (QED) is 0.337. The first-order valence-electron chi connectivity index (χ1n) is 9.54. The minimum absolute atomic E-state index is 1.03. The molecular formula is C28H22. The van der Waals surface area contributed by atoms with Gasteiger partial charge in [0, 0.05) is 11.1 Å². The van der Waals surface area contributed by atoms with Crippen molar-refractivity contribution in [2.75, 3.05) is 0 Å². The van der Waals surface area contributed by atoms with E-state index in [1.54, 1.807) is 0 Å². The van der Waals surface area contributed by atoms with Crippen LogP contribution >= 0.6 is 0 Å². The number of hydrogen-bond acceptors (Lipinski definition) is 0. The summed E-state index contributed by atoms with van der Waals surface area (Å²) in [4.78, 5) is 0. The van der Waals surface area contributed by atoms with Crippen LogP contribution in [0.5, 0.6) is 0 Å². The highest BCUT2D eigenvalue weighted by Gasteiger charge is 2.01. The standard InChI is InChI=1S/C28H22/c1-21-3-7-23(8-4-21)9-10-24-11-15-26(16-12-24)28-19-17-27(18-20-28)25-13-5-22(2)6-14-25/h3-8,11-20H,1-2H3. The molecule has 0 radical (unpaired) electrons. The van der Waals surface area contributed by atoms with Crippen LogP contribution in [0.4, 0.5) is 0 Å². The highest BCUT2D eigenvalue weighted by Crippen LogP contribution is 2.25. The first-order chi connectivity index (χ1) is 13.7. The molecular weight excluding hydrogens is 336 g/mol. The van der Waals surface area contributed by atoms with Crippen molar-refractivity contribution in [1.29, 1.82) is 0 Å². The van der Waals surface area contributed by atoms with E-state index >= 15 is 0 Å². The molecule has 4 aromatic carbocycles. The fraction of sp³-hybridized carbons (Fsp3) is 0.0714. The van der Waals surface area contributed by atoms with E-state index < -0.39 is 0 Å². The molecule has 28 heavy (non-hydrogen) atoms. The lowest BCUT2D eigenvalue weighted by atomic mass is 9.99. The van der Waals surface area contributed by atoms with E-state index in [0.29, 0.717) is 0 Å². The van der Waals surface area contributed by atoms with Crippen molar-refractivity contribution >= 4 is 0 Å². The van der Waals surface area contributed by atoms with Crippen molar-refractivity contribution in [3.8, 4) is 34.1 Å². The smallest absolute Gasteiger partial charge is 0.0249 e. The largest absolute Gasteiger partial charge is 0.0617 e.